The molecule has 1 aromatic heterocycles. The fourth-order valence-electron chi connectivity index (χ4n) is 3.63. The van der Waals surface area contributed by atoms with Gasteiger partial charge in [0.2, 0.25) is 5.91 Å². The molecule has 1 amide bonds. The Hall–Kier alpha value is -3.78. The minimum atomic E-state index is -0.274. The number of thioether (sulfide) groups is 1. The highest BCUT2D eigenvalue weighted by Gasteiger charge is 2.15. The third-order valence-electron chi connectivity index (χ3n) is 5.35. The van der Waals surface area contributed by atoms with Gasteiger partial charge in [0, 0.05) is 5.69 Å². The Bertz CT molecular complexity index is 1640. The molecule has 0 unspecified atom stereocenters. The summed E-state index contributed by atoms with van der Waals surface area (Å²) in [5.41, 5.74) is 1.46. The van der Waals surface area contributed by atoms with Gasteiger partial charge in [0.15, 0.2) is 5.16 Å². The van der Waals surface area contributed by atoms with Gasteiger partial charge in [-0.05, 0) is 66.7 Å². The van der Waals surface area contributed by atoms with E-state index in [9.17, 15) is 9.59 Å². The fourth-order valence-corrected chi connectivity index (χ4v) is 4.74. The number of nitrogens with zero attached hydrogens (tertiary/aromatic N) is 2. The van der Waals surface area contributed by atoms with Crippen LogP contribution >= 0.6 is 35.0 Å². The minimum absolute atomic E-state index is 0.0280. The molecule has 1 heterocycles. The molecule has 0 saturated heterocycles. The van der Waals surface area contributed by atoms with E-state index >= 15 is 0 Å². The largest absolute Gasteiger partial charge is 0.457 e. The average Bonchev–Trinajstić information content (AvgIpc) is 2.91. The van der Waals surface area contributed by atoms with Gasteiger partial charge in [0.05, 0.1) is 32.4 Å². The monoisotopic (exact) mass is 547 g/mol. The van der Waals surface area contributed by atoms with E-state index in [2.05, 4.69) is 10.3 Å². The van der Waals surface area contributed by atoms with Crippen molar-refractivity contribution in [2.75, 3.05) is 11.1 Å². The Labute approximate surface area is 226 Å². The summed E-state index contributed by atoms with van der Waals surface area (Å²) in [6.45, 7) is 0. The summed E-state index contributed by atoms with van der Waals surface area (Å²) in [7, 11) is 0. The Morgan fingerprint density at radius 2 is 1.57 bits per heavy atom. The Kier molecular flexibility index (Phi) is 7.46. The second-order valence-electron chi connectivity index (χ2n) is 7.93. The zero-order valence-corrected chi connectivity index (χ0v) is 21.6. The second-order valence-corrected chi connectivity index (χ2v) is 9.68. The predicted octanol–water partition coefficient (Wildman–Crippen LogP) is 7.22. The van der Waals surface area contributed by atoms with Gasteiger partial charge in [-0.3, -0.25) is 14.2 Å². The summed E-state index contributed by atoms with van der Waals surface area (Å²) in [5, 5.41) is 4.41. The third kappa shape index (κ3) is 5.80. The van der Waals surface area contributed by atoms with Crippen LogP contribution in [0.5, 0.6) is 11.5 Å². The van der Waals surface area contributed by atoms with Crippen molar-refractivity contribution in [2.45, 2.75) is 5.16 Å². The predicted molar refractivity (Wildman–Crippen MR) is 150 cm³/mol. The van der Waals surface area contributed by atoms with Gasteiger partial charge in [0.25, 0.3) is 5.56 Å². The number of halogens is 2. The number of benzene rings is 4. The topological polar surface area (TPSA) is 73.2 Å². The molecule has 0 bridgehead atoms. The summed E-state index contributed by atoms with van der Waals surface area (Å²) >= 11 is 13.2. The van der Waals surface area contributed by atoms with Gasteiger partial charge in [-0.15, -0.1) is 0 Å². The highest BCUT2D eigenvalue weighted by Crippen LogP contribution is 2.27. The Morgan fingerprint density at radius 1 is 0.865 bits per heavy atom. The molecule has 184 valence electrons. The highest BCUT2D eigenvalue weighted by atomic mass is 35.5. The standard InChI is InChI=1S/C28H19Cl2N3O3S/c29-23-15-10-18(16-24(23)30)31-26(34)17-37-28-32-25-9-5-4-8-22(25)27(35)33(28)19-11-13-21(14-12-19)36-20-6-2-1-3-7-20/h1-16H,17H2,(H,31,34). The summed E-state index contributed by atoms with van der Waals surface area (Å²) in [6, 6.07) is 28.6. The minimum Gasteiger partial charge on any atom is -0.457 e. The van der Waals surface area contributed by atoms with Gasteiger partial charge in [0.1, 0.15) is 11.5 Å². The molecule has 4 aromatic carbocycles. The summed E-state index contributed by atoms with van der Waals surface area (Å²) in [4.78, 5) is 30.8. The number of hydrogen-bond acceptors (Lipinski definition) is 5. The van der Waals surface area contributed by atoms with Gasteiger partial charge in [-0.2, -0.15) is 0 Å². The quantitative estimate of drug-likeness (QED) is 0.172. The SMILES string of the molecule is O=C(CSc1nc2ccccc2c(=O)n1-c1ccc(Oc2ccccc2)cc1)Nc1ccc(Cl)c(Cl)c1. The van der Waals surface area contributed by atoms with E-state index in [-0.39, 0.29) is 17.2 Å². The van der Waals surface area contributed by atoms with Crippen molar-refractivity contribution in [1.82, 2.24) is 9.55 Å². The molecule has 0 aliphatic rings. The van der Waals surface area contributed by atoms with Crippen LogP contribution in [-0.2, 0) is 4.79 Å². The number of aromatic nitrogens is 2. The maximum atomic E-state index is 13.5. The second kappa shape index (κ2) is 11.1. The van der Waals surface area contributed by atoms with E-state index in [1.54, 1.807) is 60.7 Å². The molecule has 6 nitrogen and oxygen atoms in total. The molecule has 0 radical (unpaired) electrons. The molecule has 5 aromatic rings. The van der Waals surface area contributed by atoms with Crippen molar-refractivity contribution in [1.29, 1.82) is 0 Å². The molecule has 37 heavy (non-hydrogen) atoms. The molecule has 5 rings (SSSR count). The summed E-state index contributed by atoms with van der Waals surface area (Å²) in [5.74, 6) is 1.10. The zero-order valence-electron chi connectivity index (χ0n) is 19.2. The first kappa shape index (κ1) is 24.9. The average molecular weight is 548 g/mol. The van der Waals surface area contributed by atoms with Crippen molar-refractivity contribution in [3.63, 3.8) is 0 Å². The van der Waals surface area contributed by atoms with Crippen LogP contribution in [0.3, 0.4) is 0 Å². The molecule has 0 atom stereocenters. The van der Waals surface area contributed by atoms with Crippen LogP contribution in [0.1, 0.15) is 0 Å². The first-order valence-corrected chi connectivity index (χ1v) is 12.9. The van der Waals surface area contributed by atoms with Crippen LogP contribution < -0.4 is 15.6 Å². The number of nitrogens with one attached hydrogen (secondary N) is 1. The van der Waals surface area contributed by atoms with Crippen molar-refractivity contribution in [2.24, 2.45) is 0 Å². The molecule has 0 aliphatic carbocycles. The number of carbonyl (C=O) groups excluding carboxylic acids is 1. The molecule has 1 N–H and O–H groups in total. The van der Waals surface area contributed by atoms with E-state index in [0.717, 1.165) is 11.8 Å². The molecule has 0 spiro atoms. The Morgan fingerprint density at radius 3 is 2.32 bits per heavy atom. The zero-order chi connectivity index (χ0) is 25.8. The maximum absolute atomic E-state index is 13.5. The van der Waals surface area contributed by atoms with Crippen LogP contribution in [0.2, 0.25) is 10.0 Å². The molecule has 0 saturated carbocycles. The number of amides is 1. The van der Waals surface area contributed by atoms with Crippen LogP contribution in [0, 0.1) is 0 Å². The number of hydrogen-bond donors (Lipinski definition) is 1. The number of anilines is 1. The number of carbonyl (C=O) groups is 1. The lowest BCUT2D eigenvalue weighted by Crippen LogP contribution is -2.23. The van der Waals surface area contributed by atoms with E-state index < -0.39 is 0 Å². The normalized spacial score (nSPS) is 10.9. The summed E-state index contributed by atoms with van der Waals surface area (Å²) < 4.78 is 7.38. The lowest BCUT2D eigenvalue weighted by atomic mass is 10.2. The van der Waals surface area contributed by atoms with E-state index in [1.807, 2.05) is 36.4 Å². The maximum Gasteiger partial charge on any atom is 0.266 e. The van der Waals surface area contributed by atoms with Gasteiger partial charge in [-0.1, -0.05) is 65.3 Å². The van der Waals surface area contributed by atoms with Crippen molar-refractivity contribution in [3.8, 4) is 17.2 Å². The molecule has 0 aliphatic heterocycles. The first-order valence-electron chi connectivity index (χ1n) is 11.2. The van der Waals surface area contributed by atoms with Crippen LogP contribution in [0.4, 0.5) is 5.69 Å². The third-order valence-corrected chi connectivity index (χ3v) is 7.03. The lowest BCUT2D eigenvalue weighted by molar-refractivity contribution is -0.113. The van der Waals surface area contributed by atoms with Gasteiger partial charge in [-0.25, -0.2) is 4.98 Å². The van der Waals surface area contributed by atoms with Crippen LogP contribution in [-0.4, -0.2) is 21.2 Å². The molecule has 9 heteroatoms. The molecule has 0 fully saturated rings. The molecular formula is C28H19Cl2N3O3S. The number of rotatable bonds is 7. The van der Waals surface area contributed by atoms with Gasteiger partial charge >= 0.3 is 0 Å². The Balaban J connectivity index is 1.42. The van der Waals surface area contributed by atoms with E-state index in [1.165, 1.54) is 4.57 Å². The summed E-state index contributed by atoms with van der Waals surface area (Å²) in [6.07, 6.45) is 0. The van der Waals surface area contributed by atoms with Crippen molar-refractivity contribution in [3.05, 3.63) is 117 Å². The highest BCUT2D eigenvalue weighted by molar-refractivity contribution is 7.99. The van der Waals surface area contributed by atoms with Crippen molar-refractivity contribution >= 4 is 57.5 Å². The first-order chi connectivity index (χ1) is 18.0. The smallest absolute Gasteiger partial charge is 0.266 e. The number of ether oxygens (including phenoxy) is 1. The van der Waals surface area contributed by atoms with Crippen molar-refractivity contribution < 1.29 is 9.53 Å². The number of fused-ring (bicyclic) bond motifs is 1. The molecular weight excluding hydrogens is 529 g/mol. The van der Waals surface area contributed by atoms with Gasteiger partial charge < -0.3 is 10.1 Å². The number of para-hydroxylation sites is 2. The van der Waals surface area contributed by atoms with E-state index in [0.29, 0.717) is 49.0 Å². The van der Waals surface area contributed by atoms with Crippen LogP contribution in [0.25, 0.3) is 16.6 Å². The fraction of sp³-hybridized carbons (Fsp3) is 0.0357. The van der Waals surface area contributed by atoms with E-state index in [4.69, 9.17) is 27.9 Å². The lowest BCUT2D eigenvalue weighted by Gasteiger charge is -2.14. The van der Waals surface area contributed by atoms with Crippen LogP contribution in [0.15, 0.2) is 107 Å².